The van der Waals surface area contributed by atoms with E-state index in [-0.39, 0.29) is 24.2 Å². The number of hydrogen-bond acceptors (Lipinski definition) is 4. The minimum Gasteiger partial charge on any atom is -0.456 e. The van der Waals surface area contributed by atoms with Crippen LogP contribution in [0.4, 0.5) is 0 Å². The highest BCUT2D eigenvalue weighted by Crippen LogP contribution is 2.40. The van der Waals surface area contributed by atoms with Gasteiger partial charge >= 0.3 is 0 Å². The van der Waals surface area contributed by atoms with Crippen LogP contribution in [0.25, 0.3) is 117 Å². The Kier molecular flexibility index (Phi) is 7.47. The maximum atomic E-state index is 9.30. The molecule has 0 unspecified atom stereocenters. The number of para-hydroxylation sites is 3. The first-order valence-electron chi connectivity index (χ1n) is 22.5. The van der Waals surface area contributed by atoms with Crippen molar-refractivity contribution in [3.63, 3.8) is 0 Å². The SMILES string of the molecule is [2H]c1c([2H])c([2H])c2c(c1[2H])c1cccc(-c3cccc(-c4ccccc4)c3)c1n2-c1cccc(-c2cccc(-c3nc(-c4ccccc4)nc(-c4ccc5c(c4)oc4ccccc45)n3)c2)c1. The summed E-state index contributed by atoms with van der Waals surface area (Å²) in [4.78, 5) is 15.1. The molecule has 0 atom stereocenters. The van der Waals surface area contributed by atoms with Crippen LogP contribution >= 0.6 is 0 Å². The third kappa shape index (κ3) is 6.14. The molecule has 0 bridgehead atoms. The highest BCUT2D eigenvalue weighted by molar-refractivity contribution is 6.14. The first-order chi connectivity index (χ1) is 32.4. The first-order valence-corrected chi connectivity index (χ1v) is 20.5. The number of hydrogen-bond donors (Lipinski definition) is 0. The van der Waals surface area contributed by atoms with Crippen LogP contribution in [0.2, 0.25) is 0 Å². The predicted molar refractivity (Wildman–Crippen MR) is 254 cm³/mol. The van der Waals surface area contributed by atoms with Gasteiger partial charge in [0.2, 0.25) is 0 Å². The molecule has 12 aromatic rings. The second-order valence-electron chi connectivity index (χ2n) is 15.3. The molecule has 0 aliphatic rings. The molecule has 9 aromatic carbocycles. The molecule has 5 heteroatoms. The van der Waals surface area contributed by atoms with Crippen molar-refractivity contribution < 1.29 is 9.90 Å². The highest BCUT2D eigenvalue weighted by atomic mass is 16.3. The Balaban J connectivity index is 1.01. The molecule has 0 radical (unpaired) electrons. The van der Waals surface area contributed by atoms with Gasteiger partial charge in [-0.3, -0.25) is 0 Å². The van der Waals surface area contributed by atoms with E-state index < -0.39 is 0 Å². The molecule has 0 aliphatic heterocycles. The average molecular weight is 797 g/mol. The van der Waals surface area contributed by atoms with Crippen molar-refractivity contribution in [2.45, 2.75) is 0 Å². The zero-order valence-corrected chi connectivity index (χ0v) is 33.2. The quantitative estimate of drug-likeness (QED) is 0.161. The van der Waals surface area contributed by atoms with Crippen LogP contribution < -0.4 is 0 Å². The van der Waals surface area contributed by atoms with Gasteiger partial charge in [0.15, 0.2) is 17.5 Å². The Bertz CT molecular complexity index is 3880. The van der Waals surface area contributed by atoms with E-state index in [0.29, 0.717) is 28.4 Å². The van der Waals surface area contributed by atoms with E-state index in [1.54, 1.807) is 0 Å². The van der Waals surface area contributed by atoms with Gasteiger partial charge in [-0.2, -0.15) is 0 Å². The molecule has 0 saturated heterocycles. The van der Waals surface area contributed by atoms with Gasteiger partial charge in [0.05, 0.1) is 16.5 Å². The number of nitrogens with zero attached hydrogens (tertiary/aromatic N) is 4. The summed E-state index contributed by atoms with van der Waals surface area (Å²) in [6, 6.07) is 64.1. The van der Waals surface area contributed by atoms with Crippen LogP contribution in [0, 0.1) is 0 Å². The van der Waals surface area contributed by atoms with E-state index in [4.69, 9.17) is 23.5 Å². The number of furan rings is 1. The van der Waals surface area contributed by atoms with E-state index >= 15 is 0 Å². The number of fused-ring (bicyclic) bond motifs is 6. The van der Waals surface area contributed by atoms with Gasteiger partial charge < -0.3 is 8.98 Å². The molecule has 0 aliphatic carbocycles. The maximum absolute atomic E-state index is 9.30. The normalized spacial score (nSPS) is 12.5. The van der Waals surface area contributed by atoms with E-state index in [1.807, 2.05) is 132 Å². The molecule has 3 aromatic heterocycles. The van der Waals surface area contributed by atoms with Crippen molar-refractivity contribution in [2.75, 3.05) is 0 Å². The fourth-order valence-corrected chi connectivity index (χ4v) is 8.63. The molecule has 290 valence electrons. The molecule has 0 saturated carbocycles. The Morgan fingerprint density at radius 2 is 0.919 bits per heavy atom. The maximum Gasteiger partial charge on any atom is 0.164 e. The predicted octanol–water partition coefficient (Wildman–Crippen LogP) is 14.9. The van der Waals surface area contributed by atoms with E-state index in [1.165, 1.54) is 0 Å². The third-order valence-corrected chi connectivity index (χ3v) is 11.6. The molecule has 3 heterocycles. The lowest BCUT2D eigenvalue weighted by atomic mass is 9.97. The van der Waals surface area contributed by atoms with Crippen molar-refractivity contribution in [3.05, 3.63) is 218 Å². The summed E-state index contributed by atoms with van der Waals surface area (Å²) in [6.45, 7) is 0. The number of rotatable bonds is 7. The molecule has 0 spiro atoms. The Labute approximate surface area is 363 Å². The van der Waals surface area contributed by atoms with Crippen molar-refractivity contribution in [3.8, 4) is 73.2 Å². The molecule has 0 fully saturated rings. The molecule has 0 amide bonds. The highest BCUT2D eigenvalue weighted by Gasteiger charge is 2.19. The standard InChI is InChI=1S/C57H36N4O/c1-3-15-37(16-4-1)39-19-11-22-42(33-39)46-27-14-28-50-47-25-7-9-29-51(47)61(54(46)50)45-24-13-21-41(35-45)40-20-12-23-43(34-40)56-58-55(38-17-5-2-6-18-38)59-57(60-56)44-31-32-49-48-26-8-10-30-52(48)62-53(49)36-44/h1-36H/i7D,9D,25D,29D. The lowest BCUT2D eigenvalue weighted by Gasteiger charge is -2.14. The van der Waals surface area contributed by atoms with Gasteiger partial charge in [-0.1, -0.05) is 170 Å². The molecule has 12 rings (SSSR count). The monoisotopic (exact) mass is 796 g/mol. The lowest BCUT2D eigenvalue weighted by molar-refractivity contribution is 0.669. The fraction of sp³-hybridized carbons (Fsp3) is 0. The first kappa shape index (κ1) is 31.5. The lowest BCUT2D eigenvalue weighted by Crippen LogP contribution is -2.00. The zero-order chi connectivity index (χ0) is 44.5. The summed E-state index contributed by atoms with van der Waals surface area (Å²) in [7, 11) is 0. The van der Waals surface area contributed by atoms with E-state index in [0.717, 1.165) is 88.6 Å². The van der Waals surface area contributed by atoms with Crippen LogP contribution in [-0.4, -0.2) is 19.5 Å². The van der Waals surface area contributed by atoms with Crippen LogP contribution in [-0.2, 0) is 0 Å². The van der Waals surface area contributed by atoms with Crippen molar-refractivity contribution >= 4 is 43.7 Å². The summed E-state index contributed by atoms with van der Waals surface area (Å²) in [5, 5.41) is 3.30. The summed E-state index contributed by atoms with van der Waals surface area (Å²) in [5.41, 5.74) is 11.9. The van der Waals surface area contributed by atoms with E-state index in [9.17, 15) is 1.37 Å². The second kappa shape index (κ2) is 14.7. The molecular formula is C57H36N4O. The largest absolute Gasteiger partial charge is 0.456 e. The average Bonchev–Trinajstić information content (AvgIpc) is 3.94. The van der Waals surface area contributed by atoms with Crippen molar-refractivity contribution in [2.24, 2.45) is 0 Å². The smallest absolute Gasteiger partial charge is 0.164 e. The minimum atomic E-state index is -0.280. The van der Waals surface area contributed by atoms with Crippen LogP contribution in [0.15, 0.2) is 223 Å². The topological polar surface area (TPSA) is 56.7 Å². The molecule has 0 N–H and O–H groups in total. The Morgan fingerprint density at radius 1 is 0.371 bits per heavy atom. The Morgan fingerprint density at radius 3 is 1.73 bits per heavy atom. The van der Waals surface area contributed by atoms with E-state index in [2.05, 4.69) is 66.7 Å². The van der Waals surface area contributed by atoms with Crippen LogP contribution in [0.3, 0.4) is 0 Å². The summed E-state index contributed by atoms with van der Waals surface area (Å²) in [6.07, 6.45) is 0. The molecule has 5 nitrogen and oxygen atoms in total. The van der Waals surface area contributed by atoms with Gasteiger partial charge in [-0.15, -0.1) is 0 Å². The van der Waals surface area contributed by atoms with Gasteiger partial charge in [0, 0.05) is 49.5 Å². The molecular weight excluding hydrogens is 757 g/mol. The van der Waals surface area contributed by atoms with Crippen molar-refractivity contribution in [1.82, 2.24) is 19.5 Å². The van der Waals surface area contributed by atoms with Gasteiger partial charge in [0.1, 0.15) is 11.2 Å². The number of benzene rings is 9. The third-order valence-electron chi connectivity index (χ3n) is 11.6. The summed E-state index contributed by atoms with van der Waals surface area (Å²) >= 11 is 0. The van der Waals surface area contributed by atoms with Crippen LogP contribution in [0.5, 0.6) is 0 Å². The van der Waals surface area contributed by atoms with Gasteiger partial charge in [-0.25, -0.2) is 15.0 Å². The van der Waals surface area contributed by atoms with Crippen molar-refractivity contribution in [1.29, 1.82) is 0 Å². The van der Waals surface area contributed by atoms with Crippen LogP contribution in [0.1, 0.15) is 5.48 Å². The zero-order valence-electron chi connectivity index (χ0n) is 37.2. The minimum absolute atomic E-state index is 0.0714. The van der Waals surface area contributed by atoms with Gasteiger partial charge in [0.25, 0.3) is 0 Å². The second-order valence-corrected chi connectivity index (χ2v) is 15.3. The summed E-state index contributed by atoms with van der Waals surface area (Å²) in [5.74, 6) is 1.59. The Hall–Kier alpha value is -8.41. The fourth-order valence-electron chi connectivity index (χ4n) is 8.63. The summed E-state index contributed by atoms with van der Waals surface area (Å²) < 4.78 is 44.2. The van der Waals surface area contributed by atoms with Gasteiger partial charge in [-0.05, 0) is 76.3 Å². The number of aromatic nitrogens is 4. The molecule has 62 heavy (non-hydrogen) atoms.